The molecular weight excluding hydrogens is 214 g/mol. The third-order valence-electron chi connectivity index (χ3n) is 2.74. The van der Waals surface area contributed by atoms with Crippen molar-refractivity contribution in [1.82, 2.24) is 0 Å². The van der Waals surface area contributed by atoms with Crippen LogP contribution in [0.25, 0.3) is 0 Å². The molecule has 5 heteroatoms. The maximum absolute atomic E-state index is 13.4. The van der Waals surface area contributed by atoms with Crippen molar-refractivity contribution >= 4 is 11.6 Å². The van der Waals surface area contributed by atoms with Crippen LogP contribution >= 0.6 is 0 Å². The fraction of sp³-hybridized carbons (Fsp3) is 0.364. The average molecular weight is 226 g/mol. The molecule has 0 saturated carbocycles. The molecule has 1 aliphatic heterocycles. The number of hydrogen-bond acceptors (Lipinski definition) is 2. The van der Waals surface area contributed by atoms with Gasteiger partial charge in [-0.15, -0.1) is 0 Å². The number of anilines is 1. The largest absolute Gasteiger partial charge is 0.330 e. The molecule has 0 aliphatic carbocycles. The maximum atomic E-state index is 13.4. The van der Waals surface area contributed by atoms with Crippen molar-refractivity contribution in [3.8, 4) is 0 Å². The Balaban J connectivity index is 2.30. The van der Waals surface area contributed by atoms with Crippen molar-refractivity contribution in [3.63, 3.8) is 0 Å². The Bertz CT molecular complexity index is 422. The van der Waals surface area contributed by atoms with Gasteiger partial charge in [-0.25, -0.2) is 8.78 Å². The Morgan fingerprint density at radius 3 is 2.81 bits per heavy atom. The summed E-state index contributed by atoms with van der Waals surface area (Å²) in [6, 6.07) is 3.08. The molecule has 0 aromatic heterocycles. The molecule has 2 N–H and O–H groups in total. The fourth-order valence-corrected chi connectivity index (χ4v) is 1.86. The van der Waals surface area contributed by atoms with E-state index >= 15 is 0 Å². The van der Waals surface area contributed by atoms with E-state index in [-0.39, 0.29) is 17.5 Å². The van der Waals surface area contributed by atoms with Crippen LogP contribution in [0.5, 0.6) is 0 Å². The van der Waals surface area contributed by atoms with Crippen LogP contribution in [0.15, 0.2) is 18.2 Å². The standard InChI is InChI=1S/C11H12F2N2O/c12-8-1-2-9(13)10(4-8)15-6-7(5-14)3-11(15)16/h1-2,4,7H,3,5-6,14H2. The highest BCUT2D eigenvalue weighted by atomic mass is 19.1. The molecule has 1 amide bonds. The summed E-state index contributed by atoms with van der Waals surface area (Å²) in [5, 5.41) is 0. The molecule has 3 nitrogen and oxygen atoms in total. The first-order valence-corrected chi connectivity index (χ1v) is 5.07. The first kappa shape index (κ1) is 11.0. The Labute approximate surface area is 91.8 Å². The summed E-state index contributed by atoms with van der Waals surface area (Å²) in [5.74, 6) is -1.33. The van der Waals surface area contributed by atoms with Crippen LogP contribution in [0.3, 0.4) is 0 Å². The first-order valence-electron chi connectivity index (χ1n) is 5.07. The van der Waals surface area contributed by atoms with Gasteiger partial charge >= 0.3 is 0 Å². The van der Waals surface area contributed by atoms with Crippen LogP contribution in [0.1, 0.15) is 6.42 Å². The third kappa shape index (κ3) is 1.90. The first-order chi connectivity index (χ1) is 7.61. The second kappa shape index (κ2) is 4.17. The van der Waals surface area contributed by atoms with Gasteiger partial charge < -0.3 is 10.6 Å². The van der Waals surface area contributed by atoms with Gasteiger partial charge in [0.2, 0.25) is 5.91 Å². The zero-order valence-electron chi connectivity index (χ0n) is 8.62. The van der Waals surface area contributed by atoms with E-state index in [9.17, 15) is 13.6 Å². The topological polar surface area (TPSA) is 46.3 Å². The summed E-state index contributed by atoms with van der Waals surface area (Å²) in [6.45, 7) is 0.731. The number of hydrogen-bond donors (Lipinski definition) is 1. The van der Waals surface area contributed by atoms with Gasteiger partial charge in [0, 0.05) is 19.0 Å². The lowest BCUT2D eigenvalue weighted by atomic mass is 10.1. The molecule has 0 radical (unpaired) electrons. The number of amides is 1. The third-order valence-corrected chi connectivity index (χ3v) is 2.74. The molecule has 1 heterocycles. The molecule has 2 rings (SSSR count). The molecule has 86 valence electrons. The van der Waals surface area contributed by atoms with Gasteiger partial charge in [0.15, 0.2) is 0 Å². The Morgan fingerprint density at radius 1 is 1.44 bits per heavy atom. The van der Waals surface area contributed by atoms with Crippen LogP contribution < -0.4 is 10.6 Å². The molecule has 0 spiro atoms. The summed E-state index contributed by atoms with van der Waals surface area (Å²) >= 11 is 0. The smallest absolute Gasteiger partial charge is 0.227 e. The summed E-state index contributed by atoms with van der Waals surface area (Å²) < 4.78 is 26.4. The lowest BCUT2D eigenvalue weighted by Crippen LogP contribution is -2.26. The molecule has 1 aliphatic rings. The number of rotatable bonds is 2. The summed E-state index contributed by atoms with van der Waals surface area (Å²) in [4.78, 5) is 12.8. The van der Waals surface area contributed by atoms with E-state index in [0.717, 1.165) is 18.2 Å². The van der Waals surface area contributed by atoms with Gasteiger partial charge in [-0.1, -0.05) is 0 Å². The van der Waals surface area contributed by atoms with Gasteiger partial charge in [0.05, 0.1) is 5.69 Å². The normalized spacial score (nSPS) is 20.6. The number of halogens is 2. The van der Waals surface area contributed by atoms with Gasteiger partial charge in [0.25, 0.3) is 0 Å². The molecule has 1 saturated heterocycles. The summed E-state index contributed by atoms with van der Waals surface area (Å²) in [5.41, 5.74) is 5.46. The molecule has 16 heavy (non-hydrogen) atoms. The summed E-state index contributed by atoms with van der Waals surface area (Å²) in [7, 11) is 0. The van der Waals surface area contributed by atoms with E-state index in [2.05, 4.69) is 0 Å². The molecule has 0 bridgehead atoms. The van der Waals surface area contributed by atoms with Crippen molar-refractivity contribution in [1.29, 1.82) is 0 Å². The monoisotopic (exact) mass is 226 g/mol. The Hall–Kier alpha value is -1.49. The second-order valence-corrected chi connectivity index (χ2v) is 3.91. The predicted molar refractivity (Wildman–Crippen MR) is 55.9 cm³/mol. The van der Waals surface area contributed by atoms with Crippen molar-refractivity contribution in [2.45, 2.75) is 6.42 Å². The number of nitrogens with zero attached hydrogens (tertiary/aromatic N) is 1. The molecule has 1 unspecified atom stereocenters. The van der Waals surface area contributed by atoms with Crippen LogP contribution in [0.2, 0.25) is 0 Å². The minimum Gasteiger partial charge on any atom is -0.330 e. The van der Waals surface area contributed by atoms with E-state index in [4.69, 9.17) is 5.73 Å². The highest BCUT2D eigenvalue weighted by molar-refractivity contribution is 5.95. The number of carbonyl (C=O) groups excluding carboxylic acids is 1. The van der Waals surface area contributed by atoms with Crippen LogP contribution in [0, 0.1) is 17.6 Å². The Morgan fingerprint density at radius 2 is 2.19 bits per heavy atom. The number of benzene rings is 1. The zero-order valence-corrected chi connectivity index (χ0v) is 8.62. The molecule has 1 atom stereocenters. The van der Waals surface area contributed by atoms with E-state index in [0.29, 0.717) is 19.5 Å². The van der Waals surface area contributed by atoms with Gasteiger partial charge in [-0.3, -0.25) is 4.79 Å². The van der Waals surface area contributed by atoms with Crippen molar-refractivity contribution in [2.24, 2.45) is 11.7 Å². The van der Waals surface area contributed by atoms with Crippen molar-refractivity contribution in [2.75, 3.05) is 18.0 Å². The van der Waals surface area contributed by atoms with Gasteiger partial charge in [-0.2, -0.15) is 0 Å². The van der Waals surface area contributed by atoms with Crippen LogP contribution in [-0.4, -0.2) is 19.0 Å². The SMILES string of the molecule is NCC1CC(=O)N(c2cc(F)ccc2F)C1. The number of nitrogens with two attached hydrogens (primary N) is 1. The second-order valence-electron chi connectivity index (χ2n) is 3.91. The lowest BCUT2D eigenvalue weighted by Gasteiger charge is -2.17. The highest BCUT2D eigenvalue weighted by Gasteiger charge is 2.31. The van der Waals surface area contributed by atoms with E-state index in [1.807, 2.05) is 0 Å². The minimum absolute atomic E-state index is 0.000880. The van der Waals surface area contributed by atoms with Crippen LogP contribution in [0.4, 0.5) is 14.5 Å². The minimum atomic E-state index is -0.590. The van der Waals surface area contributed by atoms with Crippen LogP contribution in [-0.2, 0) is 4.79 Å². The molecule has 1 aromatic carbocycles. The van der Waals surface area contributed by atoms with Crippen molar-refractivity contribution in [3.05, 3.63) is 29.8 Å². The predicted octanol–water partition coefficient (Wildman–Crippen LogP) is 1.28. The van der Waals surface area contributed by atoms with Gasteiger partial charge in [0.1, 0.15) is 11.6 Å². The quantitative estimate of drug-likeness (QED) is 0.825. The molecule has 1 fully saturated rings. The van der Waals surface area contributed by atoms with E-state index < -0.39 is 11.6 Å². The lowest BCUT2D eigenvalue weighted by molar-refractivity contribution is -0.117. The average Bonchev–Trinajstić information content (AvgIpc) is 2.63. The maximum Gasteiger partial charge on any atom is 0.227 e. The highest BCUT2D eigenvalue weighted by Crippen LogP contribution is 2.27. The molecule has 1 aromatic rings. The van der Waals surface area contributed by atoms with Gasteiger partial charge in [-0.05, 0) is 24.6 Å². The Kier molecular flexibility index (Phi) is 2.87. The van der Waals surface area contributed by atoms with Crippen molar-refractivity contribution < 1.29 is 13.6 Å². The fourth-order valence-electron chi connectivity index (χ4n) is 1.86. The van der Waals surface area contributed by atoms with E-state index in [1.165, 1.54) is 4.90 Å². The molecular formula is C11H12F2N2O. The number of carbonyl (C=O) groups is 1. The summed E-state index contributed by atoms with van der Waals surface area (Å²) in [6.07, 6.45) is 0.298. The van der Waals surface area contributed by atoms with E-state index in [1.54, 1.807) is 0 Å². The zero-order chi connectivity index (χ0) is 11.7.